The predicted molar refractivity (Wildman–Crippen MR) is 67.8 cm³/mol. The minimum atomic E-state index is 0.459. The van der Waals surface area contributed by atoms with Crippen molar-refractivity contribution in [2.75, 3.05) is 0 Å². The van der Waals surface area contributed by atoms with Crippen molar-refractivity contribution in [1.82, 2.24) is 0 Å². The number of hydrogen-bond donors (Lipinski definition) is 0. The SMILES string of the molecule is CCC(CC1OC1CC)c1ccc(C#N)cc1. The fourth-order valence-corrected chi connectivity index (χ4v) is 2.39. The fraction of sp³-hybridized carbons (Fsp3) is 0.533. The highest BCUT2D eigenvalue weighted by molar-refractivity contribution is 5.33. The molecule has 3 unspecified atom stereocenters. The van der Waals surface area contributed by atoms with E-state index in [2.05, 4.69) is 32.0 Å². The van der Waals surface area contributed by atoms with Gasteiger partial charge in [0.1, 0.15) is 0 Å². The van der Waals surface area contributed by atoms with Gasteiger partial charge >= 0.3 is 0 Å². The zero-order chi connectivity index (χ0) is 12.3. The van der Waals surface area contributed by atoms with Gasteiger partial charge in [-0.25, -0.2) is 0 Å². The molecule has 0 aromatic heterocycles. The fourth-order valence-electron chi connectivity index (χ4n) is 2.39. The Hall–Kier alpha value is -1.33. The van der Waals surface area contributed by atoms with Crippen LogP contribution in [0.5, 0.6) is 0 Å². The first kappa shape index (κ1) is 12.1. The number of hydrogen-bond acceptors (Lipinski definition) is 2. The molecule has 0 radical (unpaired) electrons. The average Bonchev–Trinajstić information content (AvgIpc) is 3.14. The quantitative estimate of drug-likeness (QED) is 0.723. The molecule has 1 saturated heterocycles. The highest BCUT2D eigenvalue weighted by atomic mass is 16.6. The number of ether oxygens (including phenoxy) is 1. The molecule has 3 atom stereocenters. The van der Waals surface area contributed by atoms with Crippen LogP contribution in [0.2, 0.25) is 0 Å². The number of nitrogens with zero attached hydrogens (tertiary/aromatic N) is 1. The topological polar surface area (TPSA) is 36.3 Å². The van der Waals surface area contributed by atoms with Crippen LogP contribution in [0.1, 0.15) is 50.2 Å². The van der Waals surface area contributed by atoms with E-state index in [4.69, 9.17) is 10.00 Å². The van der Waals surface area contributed by atoms with Crippen molar-refractivity contribution >= 4 is 0 Å². The first-order valence-electron chi connectivity index (χ1n) is 6.44. The van der Waals surface area contributed by atoms with Crippen LogP contribution in [-0.2, 0) is 4.74 Å². The van der Waals surface area contributed by atoms with Gasteiger partial charge in [0.05, 0.1) is 23.8 Å². The van der Waals surface area contributed by atoms with E-state index in [0.29, 0.717) is 18.1 Å². The molecule has 0 aliphatic carbocycles. The Kier molecular flexibility index (Phi) is 3.81. The third-order valence-electron chi connectivity index (χ3n) is 3.61. The minimum Gasteiger partial charge on any atom is -0.370 e. The third kappa shape index (κ3) is 2.87. The van der Waals surface area contributed by atoms with E-state index < -0.39 is 0 Å². The van der Waals surface area contributed by atoms with Crippen molar-refractivity contribution in [3.05, 3.63) is 35.4 Å². The van der Waals surface area contributed by atoms with Crippen LogP contribution in [0.25, 0.3) is 0 Å². The summed E-state index contributed by atoms with van der Waals surface area (Å²) in [6.07, 6.45) is 4.31. The molecule has 0 saturated carbocycles. The Bertz CT molecular complexity index is 404. The normalized spacial score (nSPS) is 24.1. The maximum atomic E-state index is 8.78. The molecule has 1 aromatic carbocycles. The van der Waals surface area contributed by atoms with Crippen molar-refractivity contribution < 1.29 is 4.74 Å². The summed E-state index contributed by atoms with van der Waals surface area (Å²) < 4.78 is 5.61. The molecular weight excluding hydrogens is 210 g/mol. The van der Waals surface area contributed by atoms with Crippen molar-refractivity contribution in [3.8, 4) is 6.07 Å². The van der Waals surface area contributed by atoms with E-state index in [9.17, 15) is 0 Å². The molecule has 17 heavy (non-hydrogen) atoms. The molecule has 90 valence electrons. The van der Waals surface area contributed by atoms with Gasteiger partial charge in [0.15, 0.2) is 0 Å². The first-order valence-corrected chi connectivity index (χ1v) is 6.44. The molecule has 1 aliphatic rings. The van der Waals surface area contributed by atoms with E-state index in [1.165, 1.54) is 5.56 Å². The summed E-state index contributed by atoms with van der Waals surface area (Å²) in [6, 6.07) is 10.1. The van der Waals surface area contributed by atoms with Gasteiger partial charge in [-0.3, -0.25) is 0 Å². The molecule has 0 spiro atoms. The smallest absolute Gasteiger partial charge is 0.0991 e. The second kappa shape index (κ2) is 5.33. The molecule has 1 aromatic rings. The van der Waals surface area contributed by atoms with Gasteiger partial charge in [-0.1, -0.05) is 26.0 Å². The van der Waals surface area contributed by atoms with Gasteiger partial charge in [-0.15, -0.1) is 0 Å². The number of nitriles is 1. The van der Waals surface area contributed by atoms with Crippen LogP contribution in [-0.4, -0.2) is 12.2 Å². The molecule has 2 rings (SSSR count). The van der Waals surface area contributed by atoms with E-state index >= 15 is 0 Å². The highest BCUT2D eigenvalue weighted by Crippen LogP contribution is 2.36. The second-order valence-electron chi connectivity index (χ2n) is 4.70. The van der Waals surface area contributed by atoms with E-state index in [0.717, 1.165) is 24.8 Å². The maximum Gasteiger partial charge on any atom is 0.0991 e. The molecule has 2 heteroatoms. The van der Waals surface area contributed by atoms with Gasteiger partial charge < -0.3 is 4.74 Å². The second-order valence-corrected chi connectivity index (χ2v) is 4.70. The van der Waals surface area contributed by atoms with Crippen LogP contribution in [0.3, 0.4) is 0 Å². The monoisotopic (exact) mass is 229 g/mol. The standard InChI is InChI=1S/C15H19NO/c1-3-12(9-15-14(4-2)17-15)13-7-5-11(10-16)6-8-13/h5-8,12,14-15H,3-4,9H2,1-2H3. The molecule has 0 bridgehead atoms. The zero-order valence-electron chi connectivity index (χ0n) is 10.5. The predicted octanol–water partition coefficient (Wildman–Crippen LogP) is 3.62. The van der Waals surface area contributed by atoms with Gasteiger partial charge in [0, 0.05) is 0 Å². The minimum absolute atomic E-state index is 0.459. The molecule has 0 N–H and O–H groups in total. The Morgan fingerprint density at radius 1 is 1.24 bits per heavy atom. The molecule has 0 amide bonds. The van der Waals surface area contributed by atoms with E-state index in [-0.39, 0.29) is 0 Å². The summed E-state index contributed by atoms with van der Waals surface area (Å²) in [5, 5.41) is 8.78. The summed E-state index contributed by atoms with van der Waals surface area (Å²) in [5.41, 5.74) is 2.06. The molecule has 2 nitrogen and oxygen atoms in total. The first-order chi connectivity index (χ1) is 8.28. The molecular formula is C15H19NO. The van der Waals surface area contributed by atoms with Crippen molar-refractivity contribution in [2.24, 2.45) is 0 Å². The van der Waals surface area contributed by atoms with Gasteiger partial charge in [-0.05, 0) is 42.9 Å². The molecule has 1 fully saturated rings. The van der Waals surface area contributed by atoms with Crippen LogP contribution in [0.15, 0.2) is 24.3 Å². The third-order valence-corrected chi connectivity index (χ3v) is 3.61. The van der Waals surface area contributed by atoms with Crippen molar-refractivity contribution in [3.63, 3.8) is 0 Å². The lowest BCUT2D eigenvalue weighted by Gasteiger charge is -2.14. The van der Waals surface area contributed by atoms with Crippen LogP contribution in [0.4, 0.5) is 0 Å². The summed E-state index contributed by atoms with van der Waals surface area (Å²) in [7, 11) is 0. The Morgan fingerprint density at radius 2 is 1.94 bits per heavy atom. The summed E-state index contributed by atoms with van der Waals surface area (Å²) >= 11 is 0. The zero-order valence-corrected chi connectivity index (χ0v) is 10.5. The Labute approximate surface area is 103 Å². The summed E-state index contributed by atoms with van der Waals surface area (Å²) in [5.74, 6) is 0.560. The number of rotatable bonds is 5. The van der Waals surface area contributed by atoms with E-state index in [1.54, 1.807) is 0 Å². The Balaban J connectivity index is 2.00. The molecule has 1 aliphatic heterocycles. The Morgan fingerprint density at radius 3 is 2.41 bits per heavy atom. The summed E-state index contributed by atoms with van der Waals surface area (Å²) in [6.45, 7) is 4.39. The summed E-state index contributed by atoms with van der Waals surface area (Å²) in [4.78, 5) is 0. The van der Waals surface area contributed by atoms with E-state index in [1.807, 2.05) is 12.1 Å². The van der Waals surface area contributed by atoms with Gasteiger partial charge in [0.25, 0.3) is 0 Å². The van der Waals surface area contributed by atoms with Gasteiger partial charge in [0.2, 0.25) is 0 Å². The molecule has 1 heterocycles. The number of benzene rings is 1. The lowest BCUT2D eigenvalue weighted by atomic mass is 9.90. The van der Waals surface area contributed by atoms with Crippen LogP contribution < -0.4 is 0 Å². The van der Waals surface area contributed by atoms with Crippen molar-refractivity contribution in [1.29, 1.82) is 5.26 Å². The largest absolute Gasteiger partial charge is 0.370 e. The average molecular weight is 229 g/mol. The maximum absolute atomic E-state index is 8.78. The highest BCUT2D eigenvalue weighted by Gasteiger charge is 2.38. The van der Waals surface area contributed by atoms with Crippen LogP contribution >= 0.6 is 0 Å². The van der Waals surface area contributed by atoms with Crippen molar-refractivity contribution in [2.45, 2.75) is 51.2 Å². The lowest BCUT2D eigenvalue weighted by Crippen LogP contribution is -2.03. The van der Waals surface area contributed by atoms with Crippen LogP contribution in [0, 0.1) is 11.3 Å². The number of epoxide rings is 1. The van der Waals surface area contributed by atoms with Gasteiger partial charge in [-0.2, -0.15) is 5.26 Å². The lowest BCUT2D eigenvalue weighted by molar-refractivity contribution is 0.349.